The Kier molecular flexibility index (Phi) is 4.74. The largest absolute Gasteiger partial charge is 0.488 e. The first-order valence-corrected chi connectivity index (χ1v) is 9.16. The SMILES string of the molecule is Cl.O=S(=O)(c1cc(F)cc(F)c1)c1ccc2c(c1)O[C@H]1CNCC[C@@H]21. The second-order valence-electron chi connectivity index (χ2n) is 6.06. The van der Waals surface area contributed by atoms with E-state index in [2.05, 4.69) is 5.32 Å². The summed E-state index contributed by atoms with van der Waals surface area (Å²) in [4.78, 5) is -0.435. The van der Waals surface area contributed by atoms with Crippen LogP contribution in [0, 0.1) is 11.6 Å². The maximum absolute atomic E-state index is 13.4. The van der Waals surface area contributed by atoms with E-state index in [0.29, 0.717) is 11.8 Å². The number of hydrogen-bond donors (Lipinski definition) is 1. The summed E-state index contributed by atoms with van der Waals surface area (Å²) in [6, 6.07) is 6.94. The van der Waals surface area contributed by atoms with Crippen molar-refractivity contribution in [2.45, 2.75) is 28.2 Å². The van der Waals surface area contributed by atoms with E-state index in [1.807, 2.05) is 0 Å². The molecule has 1 N–H and O–H groups in total. The highest BCUT2D eigenvalue weighted by Crippen LogP contribution is 2.42. The Labute approximate surface area is 150 Å². The molecule has 2 heterocycles. The van der Waals surface area contributed by atoms with Crippen molar-refractivity contribution in [3.05, 3.63) is 53.6 Å². The van der Waals surface area contributed by atoms with Gasteiger partial charge in [0.05, 0.1) is 9.79 Å². The molecule has 0 aromatic heterocycles. The molecule has 0 radical (unpaired) electrons. The number of hydrogen-bond acceptors (Lipinski definition) is 4. The van der Waals surface area contributed by atoms with Crippen molar-refractivity contribution in [1.82, 2.24) is 5.32 Å². The lowest BCUT2D eigenvalue weighted by Gasteiger charge is -2.24. The van der Waals surface area contributed by atoms with Gasteiger partial charge in [-0.25, -0.2) is 17.2 Å². The summed E-state index contributed by atoms with van der Waals surface area (Å²) >= 11 is 0. The van der Waals surface area contributed by atoms with Crippen LogP contribution in [0.15, 0.2) is 46.2 Å². The molecule has 1 fully saturated rings. The van der Waals surface area contributed by atoms with Crippen LogP contribution in [-0.4, -0.2) is 27.6 Å². The monoisotopic (exact) mass is 387 g/mol. The van der Waals surface area contributed by atoms with Gasteiger partial charge in [0.25, 0.3) is 0 Å². The van der Waals surface area contributed by atoms with Crippen LogP contribution in [0.2, 0.25) is 0 Å². The highest BCUT2D eigenvalue weighted by molar-refractivity contribution is 7.91. The van der Waals surface area contributed by atoms with Crippen LogP contribution in [-0.2, 0) is 9.84 Å². The number of halogens is 3. The third-order valence-electron chi connectivity index (χ3n) is 4.55. The molecule has 4 rings (SSSR count). The van der Waals surface area contributed by atoms with Crippen LogP contribution >= 0.6 is 12.4 Å². The van der Waals surface area contributed by atoms with Gasteiger partial charge in [0, 0.05) is 24.1 Å². The Balaban J connectivity index is 0.00000182. The fourth-order valence-electron chi connectivity index (χ4n) is 3.38. The van der Waals surface area contributed by atoms with E-state index in [0.717, 1.165) is 37.2 Å². The zero-order valence-corrected chi connectivity index (χ0v) is 14.7. The van der Waals surface area contributed by atoms with E-state index in [9.17, 15) is 17.2 Å². The highest BCUT2D eigenvalue weighted by Gasteiger charge is 2.36. The molecule has 1 saturated heterocycles. The molecule has 2 aromatic carbocycles. The minimum absolute atomic E-state index is 0. The molecule has 0 amide bonds. The van der Waals surface area contributed by atoms with E-state index >= 15 is 0 Å². The van der Waals surface area contributed by atoms with Gasteiger partial charge in [0.1, 0.15) is 23.5 Å². The quantitative estimate of drug-likeness (QED) is 0.860. The summed E-state index contributed by atoms with van der Waals surface area (Å²) in [6.07, 6.45) is 0.928. The predicted octanol–water partition coefficient (Wildman–Crippen LogP) is 3.06. The van der Waals surface area contributed by atoms with Crippen molar-refractivity contribution < 1.29 is 21.9 Å². The maximum atomic E-state index is 13.4. The van der Waals surface area contributed by atoms with E-state index in [-0.39, 0.29) is 29.3 Å². The summed E-state index contributed by atoms with van der Waals surface area (Å²) in [7, 11) is -4.01. The molecule has 0 unspecified atom stereocenters. The van der Waals surface area contributed by atoms with Gasteiger partial charge >= 0.3 is 0 Å². The Morgan fingerprint density at radius 2 is 1.76 bits per heavy atom. The second kappa shape index (κ2) is 6.55. The van der Waals surface area contributed by atoms with Crippen LogP contribution in [0.5, 0.6) is 5.75 Å². The van der Waals surface area contributed by atoms with Crippen LogP contribution in [0.1, 0.15) is 17.9 Å². The predicted molar refractivity (Wildman–Crippen MR) is 90.1 cm³/mol. The minimum atomic E-state index is -4.01. The third kappa shape index (κ3) is 3.12. The van der Waals surface area contributed by atoms with Gasteiger partial charge in [0.15, 0.2) is 0 Å². The summed E-state index contributed by atoms with van der Waals surface area (Å²) in [5.41, 5.74) is 0.992. The lowest BCUT2D eigenvalue weighted by Crippen LogP contribution is -2.39. The number of ether oxygens (including phenoxy) is 1. The number of benzene rings is 2. The first-order valence-electron chi connectivity index (χ1n) is 7.68. The molecule has 0 spiro atoms. The van der Waals surface area contributed by atoms with Gasteiger partial charge in [-0.3, -0.25) is 0 Å². The smallest absolute Gasteiger partial charge is 0.206 e. The van der Waals surface area contributed by atoms with Gasteiger partial charge in [-0.2, -0.15) is 0 Å². The van der Waals surface area contributed by atoms with E-state index in [1.165, 1.54) is 12.1 Å². The molecule has 8 heteroatoms. The van der Waals surface area contributed by atoms with Crippen LogP contribution < -0.4 is 10.1 Å². The standard InChI is InChI=1S/C17H15F2NO3S.ClH/c18-10-5-11(19)7-13(6-10)24(21,22)12-1-2-14-15-3-4-20-9-17(15)23-16(14)8-12;/h1-2,5-8,15,17,20H,3-4,9H2;1H/t15-,17-;/m0./s1. The summed E-state index contributed by atoms with van der Waals surface area (Å²) in [5.74, 6) is -1.07. The van der Waals surface area contributed by atoms with Gasteiger partial charge in [0.2, 0.25) is 9.84 Å². The summed E-state index contributed by atoms with van der Waals surface area (Å²) in [5, 5.41) is 3.25. The highest BCUT2D eigenvalue weighted by atomic mass is 35.5. The third-order valence-corrected chi connectivity index (χ3v) is 6.28. The van der Waals surface area contributed by atoms with Crippen LogP contribution in [0.4, 0.5) is 8.78 Å². The van der Waals surface area contributed by atoms with Crippen molar-refractivity contribution >= 4 is 22.2 Å². The van der Waals surface area contributed by atoms with Crippen molar-refractivity contribution in [1.29, 1.82) is 0 Å². The molecule has 2 atom stereocenters. The Hall–Kier alpha value is -1.70. The second-order valence-corrected chi connectivity index (χ2v) is 8.01. The molecular formula is C17H16ClF2NO3S. The van der Waals surface area contributed by atoms with Crippen molar-refractivity contribution in [2.24, 2.45) is 0 Å². The number of piperidine rings is 1. The van der Waals surface area contributed by atoms with Gasteiger partial charge in [-0.15, -0.1) is 12.4 Å². The first kappa shape index (κ1) is 18.1. The molecule has 0 saturated carbocycles. The number of nitrogens with one attached hydrogen (secondary N) is 1. The van der Waals surface area contributed by atoms with Gasteiger partial charge < -0.3 is 10.1 Å². The topological polar surface area (TPSA) is 55.4 Å². The number of fused-ring (bicyclic) bond motifs is 3. The van der Waals surface area contributed by atoms with Crippen molar-refractivity contribution in [3.8, 4) is 5.75 Å². The lowest BCUT2D eigenvalue weighted by molar-refractivity contribution is 0.176. The first-order chi connectivity index (χ1) is 11.4. The van der Waals surface area contributed by atoms with Gasteiger partial charge in [-0.1, -0.05) is 6.07 Å². The van der Waals surface area contributed by atoms with E-state index < -0.39 is 26.4 Å². The molecule has 134 valence electrons. The van der Waals surface area contributed by atoms with Crippen molar-refractivity contribution in [3.63, 3.8) is 0 Å². The molecule has 0 bridgehead atoms. The Bertz CT molecular complexity index is 900. The van der Waals surface area contributed by atoms with Crippen LogP contribution in [0.3, 0.4) is 0 Å². The van der Waals surface area contributed by atoms with E-state index in [4.69, 9.17) is 4.74 Å². The summed E-state index contributed by atoms with van der Waals surface area (Å²) < 4.78 is 57.9. The summed E-state index contributed by atoms with van der Waals surface area (Å²) in [6.45, 7) is 1.61. The maximum Gasteiger partial charge on any atom is 0.206 e. The lowest BCUT2D eigenvalue weighted by atomic mass is 9.90. The zero-order chi connectivity index (χ0) is 16.9. The molecule has 25 heavy (non-hydrogen) atoms. The molecule has 0 aliphatic carbocycles. The molecule has 2 aliphatic heterocycles. The molecular weight excluding hydrogens is 372 g/mol. The Morgan fingerprint density at radius 1 is 1.04 bits per heavy atom. The number of rotatable bonds is 2. The Morgan fingerprint density at radius 3 is 2.48 bits per heavy atom. The van der Waals surface area contributed by atoms with Crippen LogP contribution in [0.25, 0.3) is 0 Å². The van der Waals surface area contributed by atoms with Gasteiger partial charge in [-0.05, 0) is 37.2 Å². The fourth-order valence-corrected chi connectivity index (χ4v) is 4.70. The van der Waals surface area contributed by atoms with E-state index in [1.54, 1.807) is 6.07 Å². The normalized spacial score (nSPS) is 21.7. The average molecular weight is 388 g/mol. The fraction of sp³-hybridized carbons (Fsp3) is 0.294. The zero-order valence-electron chi connectivity index (χ0n) is 13.0. The molecule has 4 nitrogen and oxygen atoms in total. The molecule has 2 aliphatic rings. The molecule has 2 aromatic rings. The van der Waals surface area contributed by atoms with Crippen molar-refractivity contribution in [2.75, 3.05) is 13.1 Å². The number of sulfone groups is 1. The average Bonchev–Trinajstić information content (AvgIpc) is 2.91. The minimum Gasteiger partial charge on any atom is -0.488 e.